The van der Waals surface area contributed by atoms with Crippen molar-refractivity contribution in [1.82, 2.24) is 14.1 Å². The van der Waals surface area contributed by atoms with Crippen molar-refractivity contribution in [2.45, 2.75) is 36.7 Å². The molecule has 1 aromatic rings. The lowest BCUT2D eigenvalue weighted by Crippen LogP contribution is -2.49. The van der Waals surface area contributed by atoms with Gasteiger partial charge in [-0.15, -0.1) is 0 Å². The first-order valence-corrected chi connectivity index (χ1v) is 11.0. The minimum atomic E-state index is -3.42. The normalized spacial score (nSPS) is 20.7. The molecule has 0 atom stereocenters. The number of hydrogen-bond acceptors (Lipinski definition) is 5. The molecule has 7 heteroatoms. The van der Waals surface area contributed by atoms with Gasteiger partial charge in [-0.2, -0.15) is 4.31 Å². The van der Waals surface area contributed by atoms with E-state index in [-0.39, 0.29) is 6.10 Å². The summed E-state index contributed by atoms with van der Waals surface area (Å²) in [5.74, 6) is 0.768. The molecule has 0 bridgehead atoms. The van der Waals surface area contributed by atoms with E-state index in [0.29, 0.717) is 18.0 Å². The highest BCUT2D eigenvalue weighted by atomic mass is 32.2. The molecule has 1 aliphatic carbocycles. The van der Waals surface area contributed by atoms with Crippen LogP contribution >= 0.6 is 0 Å². The molecule has 2 fully saturated rings. The van der Waals surface area contributed by atoms with Crippen LogP contribution in [0.1, 0.15) is 25.7 Å². The van der Waals surface area contributed by atoms with Crippen LogP contribution in [0.2, 0.25) is 0 Å². The van der Waals surface area contributed by atoms with Crippen molar-refractivity contribution in [2.75, 3.05) is 53.4 Å². The van der Waals surface area contributed by atoms with Crippen molar-refractivity contribution < 1.29 is 13.2 Å². The van der Waals surface area contributed by atoms with Gasteiger partial charge in [0.25, 0.3) is 0 Å². The molecule has 0 unspecified atom stereocenters. The SMILES string of the molecule is CN(C)CCN1CCN(S(=O)(=O)c2ccc(OC3CCCC3)cc2)CC1. The quantitative estimate of drug-likeness (QED) is 0.722. The third kappa shape index (κ3) is 4.97. The molecule has 0 spiro atoms. The number of benzene rings is 1. The molecular weight excluding hydrogens is 350 g/mol. The predicted molar refractivity (Wildman–Crippen MR) is 103 cm³/mol. The molecule has 0 N–H and O–H groups in total. The number of ether oxygens (including phenoxy) is 1. The molecule has 2 aliphatic rings. The Morgan fingerprint density at radius 3 is 2.23 bits per heavy atom. The fraction of sp³-hybridized carbons (Fsp3) is 0.684. The maximum atomic E-state index is 12.9. The van der Waals surface area contributed by atoms with Crippen molar-refractivity contribution in [1.29, 1.82) is 0 Å². The summed E-state index contributed by atoms with van der Waals surface area (Å²) in [5.41, 5.74) is 0. The number of nitrogens with zero attached hydrogens (tertiary/aromatic N) is 3. The highest BCUT2D eigenvalue weighted by Gasteiger charge is 2.28. The zero-order chi connectivity index (χ0) is 18.6. The number of likely N-dealkylation sites (N-methyl/N-ethyl adjacent to an activating group) is 1. The summed E-state index contributed by atoms with van der Waals surface area (Å²) in [6.07, 6.45) is 4.92. The van der Waals surface area contributed by atoms with E-state index in [4.69, 9.17) is 4.74 Å². The Morgan fingerprint density at radius 2 is 1.65 bits per heavy atom. The molecule has 1 heterocycles. The third-order valence-corrected chi connectivity index (χ3v) is 7.17. The maximum Gasteiger partial charge on any atom is 0.243 e. The maximum absolute atomic E-state index is 12.9. The summed E-state index contributed by atoms with van der Waals surface area (Å²) in [7, 11) is 0.693. The van der Waals surface area contributed by atoms with Crippen LogP contribution in [-0.4, -0.2) is 82.0 Å². The number of sulfonamides is 1. The Morgan fingerprint density at radius 1 is 1.04 bits per heavy atom. The largest absolute Gasteiger partial charge is 0.490 e. The van der Waals surface area contributed by atoms with E-state index in [1.807, 2.05) is 0 Å². The van der Waals surface area contributed by atoms with Crippen molar-refractivity contribution in [3.05, 3.63) is 24.3 Å². The monoisotopic (exact) mass is 381 g/mol. The van der Waals surface area contributed by atoms with Crippen LogP contribution in [-0.2, 0) is 10.0 Å². The fourth-order valence-corrected chi connectivity index (χ4v) is 4.99. The second kappa shape index (κ2) is 8.69. The summed E-state index contributed by atoms with van der Waals surface area (Å²) in [6.45, 7) is 4.65. The summed E-state index contributed by atoms with van der Waals surface area (Å²) in [4.78, 5) is 4.83. The lowest BCUT2D eigenvalue weighted by molar-refractivity contribution is 0.174. The van der Waals surface area contributed by atoms with E-state index < -0.39 is 10.0 Å². The minimum absolute atomic E-state index is 0.285. The van der Waals surface area contributed by atoms with Gasteiger partial charge in [0.15, 0.2) is 0 Å². The molecule has 3 rings (SSSR count). The molecule has 1 aliphatic heterocycles. The Kier molecular flexibility index (Phi) is 6.55. The van der Waals surface area contributed by atoms with E-state index >= 15 is 0 Å². The summed E-state index contributed by atoms with van der Waals surface area (Å²) >= 11 is 0. The summed E-state index contributed by atoms with van der Waals surface area (Å²) in [5, 5.41) is 0. The smallest absolute Gasteiger partial charge is 0.243 e. The molecule has 0 radical (unpaired) electrons. The van der Waals surface area contributed by atoms with Crippen LogP contribution in [0.25, 0.3) is 0 Å². The summed E-state index contributed by atoms with van der Waals surface area (Å²) < 4.78 is 33.3. The second-order valence-corrected chi connectivity index (χ2v) is 9.48. The van der Waals surface area contributed by atoms with Crippen molar-refractivity contribution in [3.63, 3.8) is 0 Å². The van der Waals surface area contributed by atoms with Crippen LogP contribution in [0.15, 0.2) is 29.2 Å². The zero-order valence-electron chi connectivity index (χ0n) is 15.9. The van der Waals surface area contributed by atoms with E-state index in [0.717, 1.165) is 44.8 Å². The Balaban J connectivity index is 1.56. The highest BCUT2D eigenvalue weighted by molar-refractivity contribution is 7.89. The fourth-order valence-electron chi connectivity index (χ4n) is 3.57. The Labute approximate surface area is 157 Å². The average molecular weight is 382 g/mol. The van der Waals surface area contributed by atoms with Gasteiger partial charge in [-0.3, -0.25) is 4.90 Å². The van der Waals surface area contributed by atoms with Gasteiger partial charge in [0.1, 0.15) is 5.75 Å². The number of piperazine rings is 1. The molecule has 26 heavy (non-hydrogen) atoms. The molecule has 0 aromatic heterocycles. The molecule has 146 valence electrons. The van der Waals surface area contributed by atoms with Crippen molar-refractivity contribution in [2.24, 2.45) is 0 Å². The lowest BCUT2D eigenvalue weighted by atomic mass is 10.3. The van der Waals surface area contributed by atoms with Gasteiger partial charge in [0.05, 0.1) is 11.0 Å². The molecular formula is C19H31N3O3S. The van der Waals surface area contributed by atoms with Gasteiger partial charge in [-0.1, -0.05) is 0 Å². The molecule has 1 aromatic carbocycles. The van der Waals surface area contributed by atoms with Gasteiger partial charge < -0.3 is 9.64 Å². The van der Waals surface area contributed by atoms with E-state index in [9.17, 15) is 8.42 Å². The molecule has 0 amide bonds. The predicted octanol–water partition coefficient (Wildman–Crippen LogP) is 1.88. The van der Waals surface area contributed by atoms with Crippen molar-refractivity contribution >= 4 is 10.0 Å². The topological polar surface area (TPSA) is 53.1 Å². The van der Waals surface area contributed by atoms with E-state index in [1.54, 1.807) is 28.6 Å². The number of rotatable bonds is 7. The molecule has 6 nitrogen and oxygen atoms in total. The first-order chi connectivity index (χ1) is 12.4. The molecule has 1 saturated carbocycles. The standard InChI is InChI=1S/C19H31N3O3S/c1-20(2)11-12-21-13-15-22(16-14-21)26(23,24)19-9-7-18(8-10-19)25-17-5-3-4-6-17/h7-10,17H,3-6,11-16H2,1-2H3. The Hall–Kier alpha value is -1.15. The van der Waals surface area contributed by atoms with Crippen LogP contribution in [0, 0.1) is 0 Å². The van der Waals surface area contributed by atoms with Gasteiger partial charge in [0.2, 0.25) is 10.0 Å². The zero-order valence-corrected chi connectivity index (χ0v) is 16.7. The number of hydrogen-bond donors (Lipinski definition) is 0. The van der Waals surface area contributed by atoms with Gasteiger partial charge in [0, 0.05) is 39.3 Å². The first-order valence-electron chi connectivity index (χ1n) is 9.59. The van der Waals surface area contributed by atoms with Crippen molar-refractivity contribution in [3.8, 4) is 5.75 Å². The van der Waals surface area contributed by atoms with Gasteiger partial charge >= 0.3 is 0 Å². The first kappa shape index (κ1) is 19.6. The average Bonchev–Trinajstić information content (AvgIpc) is 3.14. The third-order valence-electron chi connectivity index (χ3n) is 5.26. The summed E-state index contributed by atoms with van der Waals surface area (Å²) in [6, 6.07) is 6.94. The Bertz CT molecular complexity index is 662. The van der Waals surface area contributed by atoms with Crippen LogP contribution in [0.5, 0.6) is 5.75 Å². The van der Waals surface area contributed by atoms with Crippen LogP contribution < -0.4 is 4.74 Å². The van der Waals surface area contributed by atoms with E-state index in [1.165, 1.54) is 12.8 Å². The van der Waals surface area contributed by atoms with Crippen LogP contribution in [0.3, 0.4) is 0 Å². The van der Waals surface area contributed by atoms with Gasteiger partial charge in [-0.05, 0) is 64.0 Å². The molecule has 1 saturated heterocycles. The highest BCUT2D eigenvalue weighted by Crippen LogP contribution is 2.26. The minimum Gasteiger partial charge on any atom is -0.490 e. The second-order valence-electron chi connectivity index (χ2n) is 7.54. The van der Waals surface area contributed by atoms with E-state index in [2.05, 4.69) is 23.9 Å². The van der Waals surface area contributed by atoms with Crippen LogP contribution in [0.4, 0.5) is 0 Å². The lowest BCUT2D eigenvalue weighted by Gasteiger charge is -2.34. The van der Waals surface area contributed by atoms with Gasteiger partial charge in [-0.25, -0.2) is 8.42 Å².